The number of rotatable bonds is 4. The summed E-state index contributed by atoms with van der Waals surface area (Å²) in [5.41, 5.74) is 0.942. The second-order valence-corrected chi connectivity index (χ2v) is 4.65. The number of nitrogens with one attached hydrogen (secondary N) is 2. The molecular formula is C14H18N2O4. The first-order valence-corrected chi connectivity index (χ1v) is 6.53. The van der Waals surface area contributed by atoms with Crippen LogP contribution in [0, 0.1) is 0 Å². The molecule has 0 aliphatic heterocycles. The van der Waals surface area contributed by atoms with Crippen LogP contribution in [-0.2, 0) is 16.1 Å². The van der Waals surface area contributed by atoms with Gasteiger partial charge in [0.05, 0.1) is 0 Å². The first kappa shape index (κ1) is 14.2. The fraction of sp³-hybridized carbons (Fsp3) is 0.429. The second-order valence-electron chi connectivity index (χ2n) is 4.65. The number of carbonyl (C=O) groups is 2. The maximum Gasteiger partial charge on any atom is 0.407 e. The standard InChI is InChI=1S/C14H18N2O4/c1-15-13(17)20-12-7-11(8-12)16-14(18)19-9-10-5-3-2-4-6-10/h2-6,11-12H,7-9H2,1H3,(H,15,17)(H,16,18)/t11-,12-. The molecule has 0 unspecified atom stereocenters. The normalized spacial score (nSPS) is 20.4. The lowest BCUT2D eigenvalue weighted by atomic mass is 9.89. The van der Waals surface area contributed by atoms with Gasteiger partial charge >= 0.3 is 12.2 Å². The summed E-state index contributed by atoms with van der Waals surface area (Å²) in [4.78, 5) is 22.5. The average molecular weight is 278 g/mol. The summed E-state index contributed by atoms with van der Waals surface area (Å²) in [6, 6.07) is 9.48. The fourth-order valence-corrected chi connectivity index (χ4v) is 1.92. The Bertz CT molecular complexity index is 458. The van der Waals surface area contributed by atoms with Gasteiger partial charge in [0.2, 0.25) is 0 Å². The third-order valence-corrected chi connectivity index (χ3v) is 3.11. The van der Waals surface area contributed by atoms with E-state index in [9.17, 15) is 9.59 Å². The Labute approximate surface area is 117 Å². The Balaban J connectivity index is 1.61. The van der Waals surface area contributed by atoms with E-state index in [-0.39, 0.29) is 18.8 Å². The second kappa shape index (κ2) is 6.79. The summed E-state index contributed by atoms with van der Waals surface area (Å²) in [6.45, 7) is 0.248. The quantitative estimate of drug-likeness (QED) is 0.880. The molecule has 108 valence electrons. The van der Waals surface area contributed by atoms with Gasteiger partial charge in [0.25, 0.3) is 0 Å². The van der Waals surface area contributed by atoms with Gasteiger partial charge in [-0.3, -0.25) is 0 Å². The average Bonchev–Trinajstić information content (AvgIpc) is 2.43. The third-order valence-electron chi connectivity index (χ3n) is 3.11. The fourth-order valence-electron chi connectivity index (χ4n) is 1.92. The molecule has 0 bridgehead atoms. The molecule has 1 aliphatic rings. The predicted molar refractivity (Wildman–Crippen MR) is 72.1 cm³/mol. The van der Waals surface area contributed by atoms with Crippen molar-refractivity contribution < 1.29 is 19.1 Å². The van der Waals surface area contributed by atoms with Crippen molar-refractivity contribution in [3.8, 4) is 0 Å². The van der Waals surface area contributed by atoms with Gasteiger partial charge in [-0.25, -0.2) is 9.59 Å². The lowest BCUT2D eigenvalue weighted by Crippen LogP contribution is -2.49. The molecule has 20 heavy (non-hydrogen) atoms. The first-order chi connectivity index (χ1) is 9.67. The number of amides is 2. The summed E-state index contributed by atoms with van der Waals surface area (Å²) < 4.78 is 10.1. The van der Waals surface area contributed by atoms with Crippen LogP contribution in [0.25, 0.3) is 0 Å². The molecular weight excluding hydrogens is 260 g/mol. The van der Waals surface area contributed by atoms with Gasteiger partial charge in [0.1, 0.15) is 12.7 Å². The Hall–Kier alpha value is -2.24. The first-order valence-electron chi connectivity index (χ1n) is 6.53. The Kier molecular flexibility index (Phi) is 4.81. The lowest BCUT2D eigenvalue weighted by molar-refractivity contribution is 0.0313. The van der Waals surface area contributed by atoms with E-state index in [2.05, 4.69) is 10.6 Å². The molecule has 2 amide bonds. The van der Waals surface area contributed by atoms with E-state index in [0.29, 0.717) is 12.8 Å². The largest absolute Gasteiger partial charge is 0.446 e. The summed E-state index contributed by atoms with van der Waals surface area (Å²) in [5.74, 6) is 0. The molecule has 1 fully saturated rings. The number of benzene rings is 1. The minimum Gasteiger partial charge on any atom is -0.446 e. The van der Waals surface area contributed by atoms with E-state index in [1.165, 1.54) is 7.05 Å². The van der Waals surface area contributed by atoms with Crippen molar-refractivity contribution in [3.05, 3.63) is 35.9 Å². The highest BCUT2D eigenvalue weighted by molar-refractivity contribution is 5.68. The van der Waals surface area contributed by atoms with E-state index in [1.54, 1.807) is 0 Å². The molecule has 1 aromatic carbocycles. The number of hydrogen-bond donors (Lipinski definition) is 2. The van der Waals surface area contributed by atoms with Crippen LogP contribution in [0.15, 0.2) is 30.3 Å². The third kappa shape index (κ3) is 4.15. The maximum absolute atomic E-state index is 11.6. The van der Waals surface area contributed by atoms with E-state index in [1.807, 2.05) is 30.3 Å². The molecule has 0 atom stereocenters. The molecule has 0 spiro atoms. The monoisotopic (exact) mass is 278 g/mol. The van der Waals surface area contributed by atoms with Crippen LogP contribution in [-0.4, -0.2) is 31.4 Å². The van der Waals surface area contributed by atoms with E-state index in [0.717, 1.165) is 5.56 Å². The van der Waals surface area contributed by atoms with Crippen LogP contribution >= 0.6 is 0 Å². The van der Waals surface area contributed by atoms with Crippen molar-refractivity contribution in [2.45, 2.75) is 31.6 Å². The molecule has 2 N–H and O–H groups in total. The minimum absolute atomic E-state index is 0.00734. The van der Waals surface area contributed by atoms with Gasteiger partial charge in [-0.1, -0.05) is 30.3 Å². The summed E-state index contributed by atoms with van der Waals surface area (Å²) >= 11 is 0. The van der Waals surface area contributed by atoms with Gasteiger partial charge in [-0.15, -0.1) is 0 Å². The number of hydrogen-bond acceptors (Lipinski definition) is 4. The summed E-state index contributed by atoms with van der Waals surface area (Å²) in [6.07, 6.45) is 0.216. The van der Waals surface area contributed by atoms with E-state index < -0.39 is 12.2 Å². The van der Waals surface area contributed by atoms with Gasteiger partial charge in [-0.05, 0) is 5.56 Å². The molecule has 6 nitrogen and oxygen atoms in total. The molecule has 2 rings (SSSR count). The van der Waals surface area contributed by atoms with Gasteiger partial charge in [-0.2, -0.15) is 0 Å². The minimum atomic E-state index is -0.447. The van der Waals surface area contributed by atoms with Crippen LogP contribution in [0.2, 0.25) is 0 Å². The molecule has 1 saturated carbocycles. The van der Waals surface area contributed by atoms with Crippen molar-refractivity contribution in [1.82, 2.24) is 10.6 Å². The summed E-state index contributed by atoms with van der Waals surface area (Å²) in [5, 5.41) is 5.12. The van der Waals surface area contributed by atoms with Crippen LogP contribution in [0.3, 0.4) is 0 Å². The Morgan fingerprint density at radius 1 is 1.20 bits per heavy atom. The Morgan fingerprint density at radius 2 is 1.90 bits per heavy atom. The van der Waals surface area contributed by atoms with E-state index >= 15 is 0 Å². The molecule has 0 aromatic heterocycles. The van der Waals surface area contributed by atoms with Crippen LogP contribution in [0.4, 0.5) is 9.59 Å². The highest BCUT2D eigenvalue weighted by Crippen LogP contribution is 2.23. The highest BCUT2D eigenvalue weighted by atomic mass is 16.6. The molecule has 1 aliphatic carbocycles. The van der Waals surface area contributed by atoms with Crippen molar-refractivity contribution in [2.24, 2.45) is 0 Å². The van der Waals surface area contributed by atoms with E-state index in [4.69, 9.17) is 9.47 Å². The molecule has 0 saturated heterocycles. The highest BCUT2D eigenvalue weighted by Gasteiger charge is 2.33. The Morgan fingerprint density at radius 3 is 2.55 bits per heavy atom. The molecule has 0 heterocycles. The zero-order chi connectivity index (χ0) is 14.4. The zero-order valence-electron chi connectivity index (χ0n) is 11.3. The topological polar surface area (TPSA) is 76.7 Å². The number of carbonyl (C=O) groups excluding carboxylic acids is 2. The zero-order valence-corrected chi connectivity index (χ0v) is 11.3. The maximum atomic E-state index is 11.6. The van der Waals surface area contributed by atoms with Crippen molar-refractivity contribution in [3.63, 3.8) is 0 Å². The van der Waals surface area contributed by atoms with Crippen LogP contribution < -0.4 is 10.6 Å². The molecule has 6 heteroatoms. The van der Waals surface area contributed by atoms with Crippen LogP contribution in [0.1, 0.15) is 18.4 Å². The van der Waals surface area contributed by atoms with Crippen molar-refractivity contribution in [1.29, 1.82) is 0 Å². The smallest absolute Gasteiger partial charge is 0.407 e. The van der Waals surface area contributed by atoms with Gasteiger partial charge in [0, 0.05) is 25.9 Å². The number of ether oxygens (including phenoxy) is 2. The summed E-state index contributed by atoms with van der Waals surface area (Å²) in [7, 11) is 1.51. The predicted octanol–water partition coefficient (Wildman–Crippen LogP) is 1.80. The van der Waals surface area contributed by atoms with Crippen LogP contribution in [0.5, 0.6) is 0 Å². The van der Waals surface area contributed by atoms with Crippen molar-refractivity contribution in [2.75, 3.05) is 7.05 Å². The number of alkyl carbamates (subject to hydrolysis) is 2. The van der Waals surface area contributed by atoms with Gasteiger partial charge in [0.15, 0.2) is 0 Å². The molecule has 0 radical (unpaired) electrons. The lowest BCUT2D eigenvalue weighted by Gasteiger charge is -2.34. The SMILES string of the molecule is CNC(=O)O[C@H]1C[C@H](NC(=O)OCc2ccccc2)C1. The van der Waals surface area contributed by atoms with Crippen molar-refractivity contribution >= 4 is 12.2 Å². The van der Waals surface area contributed by atoms with Gasteiger partial charge < -0.3 is 20.1 Å². The molecule has 1 aromatic rings.